The Balaban J connectivity index is 1.90. The molecule has 0 aliphatic carbocycles. The molecule has 0 radical (unpaired) electrons. The van der Waals surface area contributed by atoms with Crippen LogP contribution in [-0.4, -0.2) is 4.57 Å². The number of aromatic nitrogens is 1. The van der Waals surface area contributed by atoms with Crippen molar-refractivity contribution in [1.82, 2.24) is 4.57 Å². The van der Waals surface area contributed by atoms with Crippen LogP contribution in [0, 0.1) is 0 Å². The van der Waals surface area contributed by atoms with Crippen molar-refractivity contribution >= 4 is 44.4 Å². The first-order valence-corrected chi connectivity index (χ1v) is 7.86. The fourth-order valence-corrected chi connectivity index (χ4v) is 3.38. The molecule has 0 saturated carbocycles. The average Bonchev–Trinajstić information content (AvgIpc) is 3.13. The molecule has 0 amide bonds. The smallest absolute Gasteiger partial charge is 0.153 e. The fourth-order valence-electron chi connectivity index (χ4n) is 3.20. The Bertz CT molecular complexity index is 1170. The summed E-state index contributed by atoms with van der Waals surface area (Å²) >= 11 is 6.14. The molecule has 0 bridgehead atoms. The van der Waals surface area contributed by atoms with E-state index in [0.29, 0.717) is 0 Å². The first-order chi connectivity index (χ1) is 11.3. The van der Waals surface area contributed by atoms with Gasteiger partial charge in [0.15, 0.2) is 5.58 Å². The minimum absolute atomic E-state index is 0.745. The molecule has 0 atom stereocenters. The van der Waals surface area contributed by atoms with E-state index in [1.54, 1.807) is 0 Å². The highest BCUT2D eigenvalue weighted by molar-refractivity contribution is 6.31. The van der Waals surface area contributed by atoms with Crippen molar-refractivity contribution in [3.8, 4) is 5.69 Å². The van der Waals surface area contributed by atoms with E-state index in [0.717, 1.165) is 43.6 Å². The first-order valence-electron chi connectivity index (χ1n) is 7.48. The lowest BCUT2D eigenvalue weighted by Gasteiger charge is -2.04. The van der Waals surface area contributed by atoms with Gasteiger partial charge in [-0.1, -0.05) is 35.9 Å². The molecule has 2 nitrogen and oxygen atoms in total. The van der Waals surface area contributed by atoms with Gasteiger partial charge in [0, 0.05) is 22.3 Å². The molecule has 23 heavy (non-hydrogen) atoms. The van der Waals surface area contributed by atoms with Gasteiger partial charge >= 0.3 is 0 Å². The lowest BCUT2D eigenvalue weighted by molar-refractivity contribution is 0.670. The van der Waals surface area contributed by atoms with Gasteiger partial charge in [-0.3, -0.25) is 0 Å². The molecule has 110 valence electrons. The normalized spacial score (nSPS) is 11.7. The van der Waals surface area contributed by atoms with E-state index in [4.69, 9.17) is 16.0 Å². The Morgan fingerprint density at radius 2 is 1.65 bits per heavy atom. The minimum atomic E-state index is 0.745. The third-order valence-electron chi connectivity index (χ3n) is 4.26. The molecule has 0 spiro atoms. The number of benzene rings is 3. The Kier molecular flexibility index (Phi) is 2.58. The van der Waals surface area contributed by atoms with Gasteiger partial charge in [-0.15, -0.1) is 0 Å². The Morgan fingerprint density at radius 3 is 2.52 bits per heavy atom. The van der Waals surface area contributed by atoms with E-state index < -0.39 is 0 Å². The van der Waals surface area contributed by atoms with Gasteiger partial charge in [0.1, 0.15) is 5.58 Å². The predicted octanol–water partition coefficient (Wildman–Crippen LogP) is 6.18. The topological polar surface area (TPSA) is 18.1 Å². The lowest BCUT2D eigenvalue weighted by Crippen LogP contribution is -1.90. The monoisotopic (exact) mass is 317 g/mol. The Hall–Kier alpha value is -2.71. The van der Waals surface area contributed by atoms with Crippen LogP contribution in [0.3, 0.4) is 0 Å². The van der Waals surface area contributed by atoms with Crippen molar-refractivity contribution in [1.29, 1.82) is 0 Å². The van der Waals surface area contributed by atoms with Gasteiger partial charge in [0.25, 0.3) is 0 Å². The maximum absolute atomic E-state index is 6.14. The van der Waals surface area contributed by atoms with Gasteiger partial charge < -0.3 is 8.98 Å². The maximum atomic E-state index is 6.14. The molecular weight excluding hydrogens is 306 g/mol. The molecule has 0 saturated heterocycles. The number of fused-ring (bicyclic) bond motifs is 4. The molecule has 5 aromatic rings. The molecule has 3 heteroatoms. The highest BCUT2D eigenvalue weighted by Crippen LogP contribution is 2.34. The fraction of sp³-hybridized carbons (Fsp3) is 0. The van der Waals surface area contributed by atoms with Crippen LogP contribution >= 0.6 is 11.6 Å². The van der Waals surface area contributed by atoms with E-state index >= 15 is 0 Å². The van der Waals surface area contributed by atoms with Crippen LogP contribution in [-0.2, 0) is 0 Å². The summed E-state index contributed by atoms with van der Waals surface area (Å²) in [5.41, 5.74) is 4.00. The number of para-hydroxylation sites is 1. The summed E-state index contributed by atoms with van der Waals surface area (Å²) < 4.78 is 8.20. The first kappa shape index (κ1) is 12.8. The highest BCUT2D eigenvalue weighted by atomic mass is 35.5. The molecule has 3 aromatic carbocycles. The van der Waals surface area contributed by atoms with Crippen molar-refractivity contribution in [2.24, 2.45) is 0 Å². The average molecular weight is 318 g/mol. The summed E-state index contributed by atoms with van der Waals surface area (Å²) in [6, 6.07) is 22.5. The zero-order valence-corrected chi connectivity index (χ0v) is 12.9. The standard InChI is InChI=1S/C20H12ClNO/c21-15-7-6-13-12-19-17(11-14(13)10-15)20-18(23-19)8-9-22(20)16-4-2-1-3-5-16/h1-12H. The van der Waals surface area contributed by atoms with Crippen LogP contribution in [0.4, 0.5) is 0 Å². The summed E-state index contributed by atoms with van der Waals surface area (Å²) in [4.78, 5) is 0. The van der Waals surface area contributed by atoms with Crippen molar-refractivity contribution in [2.75, 3.05) is 0 Å². The zero-order chi connectivity index (χ0) is 15.4. The Morgan fingerprint density at radius 1 is 0.783 bits per heavy atom. The number of furan rings is 1. The summed E-state index contributed by atoms with van der Waals surface area (Å²) in [7, 11) is 0. The predicted molar refractivity (Wildman–Crippen MR) is 95.6 cm³/mol. The molecule has 2 aromatic heterocycles. The van der Waals surface area contributed by atoms with Crippen LogP contribution < -0.4 is 0 Å². The van der Waals surface area contributed by atoms with Crippen LogP contribution in [0.1, 0.15) is 0 Å². The zero-order valence-electron chi connectivity index (χ0n) is 12.2. The second-order valence-corrected chi connectivity index (χ2v) is 6.11. The number of halogens is 1. The molecule has 0 fully saturated rings. The van der Waals surface area contributed by atoms with Gasteiger partial charge in [-0.05, 0) is 53.2 Å². The number of nitrogens with zero attached hydrogens (tertiary/aromatic N) is 1. The maximum Gasteiger partial charge on any atom is 0.153 e. The van der Waals surface area contributed by atoms with E-state index in [1.807, 2.05) is 48.7 Å². The minimum Gasteiger partial charge on any atom is -0.454 e. The van der Waals surface area contributed by atoms with Crippen LogP contribution in [0.5, 0.6) is 0 Å². The van der Waals surface area contributed by atoms with Crippen LogP contribution in [0.2, 0.25) is 5.02 Å². The lowest BCUT2D eigenvalue weighted by atomic mass is 10.1. The van der Waals surface area contributed by atoms with Gasteiger partial charge in [-0.25, -0.2) is 0 Å². The number of hydrogen-bond donors (Lipinski definition) is 0. The van der Waals surface area contributed by atoms with Crippen LogP contribution in [0.15, 0.2) is 77.3 Å². The summed E-state index contributed by atoms with van der Waals surface area (Å²) in [5, 5.41) is 4.09. The quantitative estimate of drug-likeness (QED) is 0.361. The molecule has 0 unspecified atom stereocenters. The van der Waals surface area contributed by atoms with E-state index in [2.05, 4.69) is 28.8 Å². The van der Waals surface area contributed by atoms with Gasteiger partial charge in [0.2, 0.25) is 0 Å². The van der Waals surface area contributed by atoms with E-state index in [1.165, 1.54) is 0 Å². The molecule has 0 aliphatic rings. The largest absolute Gasteiger partial charge is 0.454 e. The van der Waals surface area contributed by atoms with Gasteiger partial charge in [-0.2, -0.15) is 0 Å². The highest BCUT2D eigenvalue weighted by Gasteiger charge is 2.13. The van der Waals surface area contributed by atoms with E-state index in [9.17, 15) is 0 Å². The summed E-state index contributed by atoms with van der Waals surface area (Å²) in [6.45, 7) is 0. The molecule has 5 rings (SSSR count). The summed E-state index contributed by atoms with van der Waals surface area (Å²) in [6.07, 6.45) is 2.05. The molecule has 0 N–H and O–H groups in total. The molecule has 2 heterocycles. The van der Waals surface area contributed by atoms with Crippen molar-refractivity contribution < 1.29 is 4.42 Å². The van der Waals surface area contributed by atoms with Crippen LogP contribution in [0.25, 0.3) is 38.5 Å². The number of rotatable bonds is 1. The van der Waals surface area contributed by atoms with Crippen molar-refractivity contribution in [3.05, 3.63) is 77.9 Å². The molecule has 0 aliphatic heterocycles. The van der Waals surface area contributed by atoms with Gasteiger partial charge in [0.05, 0.1) is 5.52 Å². The van der Waals surface area contributed by atoms with Crippen molar-refractivity contribution in [2.45, 2.75) is 0 Å². The number of hydrogen-bond acceptors (Lipinski definition) is 1. The van der Waals surface area contributed by atoms with Crippen molar-refractivity contribution in [3.63, 3.8) is 0 Å². The third-order valence-corrected chi connectivity index (χ3v) is 4.49. The van der Waals surface area contributed by atoms with E-state index in [-0.39, 0.29) is 0 Å². The second kappa shape index (κ2) is 4.64. The second-order valence-electron chi connectivity index (χ2n) is 5.68. The molecular formula is C20H12ClNO. The Labute approximate surface area is 137 Å². The third kappa shape index (κ3) is 1.89. The SMILES string of the molecule is Clc1ccc2cc3oc4ccn(-c5ccccc5)c4c3cc2c1. The summed E-state index contributed by atoms with van der Waals surface area (Å²) in [5.74, 6) is 0.